The summed E-state index contributed by atoms with van der Waals surface area (Å²) < 4.78 is 5.81. The lowest BCUT2D eigenvalue weighted by atomic mass is 9.89. The quantitative estimate of drug-likeness (QED) is 0.587. The highest BCUT2D eigenvalue weighted by atomic mass is 16.5. The van der Waals surface area contributed by atoms with E-state index in [1.165, 1.54) is 5.56 Å². The molecule has 30 heavy (non-hydrogen) atoms. The van der Waals surface area contributed by atoms with Gasteiger partial charge in [0, 0.05) is 18.9 Å². The molecule has 0 unspecified atom stereocenters. The summed E-state index contributed by atoms with van der Waals surface area (Å²) in [6.07, 6.45) is 2.04. The topological polar surface area (TPSA) is 46.6 Å². The maximum Gasteiger partial charge on any atom is 0.144 e. The molecule has 160 valence electrons. The molecule has 0 spiro atoms. The summed E-state index contributed by atoms with van der Waals surface area (Å²) in [5, 5.41) is 0. The maximum atomic E-state index is 12.6. The van der Waals surface area contributed by atoms with Gasteiger partial charge in [-0.15, -0.1) is 0 Å². The summed E-state index contributed by atoms with van der Waals surface area (Å²) in [6, 6.07) is 18.0. The number of ether oxygens (including phenoxy) is 1. The molecule has 1 aliphatic heterocycles. The highest BCUT2D eigenvalue weighted by Gasteiger charge is 2.26. The molecular weight excluding hydrogens is 374 g/mol. The molecule has 0 aliphatic carbocycles. The van der Waals surface area contributed by atoms with Crippen molar-refractivity contribution >= 4 is 11.6 Å². The Balaban J connectivity index is 1.42. The van der Waals surface area contributed by atoms with Gasteiger partial charge in [0.25, 0.3) is 0 Å². The molecule has 0 N–H and O–H groups in total. The number of Topliss-reactive ketones (excluding diaryl/α,β-unsaturated/α-hetero) is 2. The summed E-state index contributed by atoms with van der Waals surface area (Å²) in [5.41, 5.74) is 1.98. The van der Waals surface area contributed by atoms with Crippen LogP contribution in [0.25, 0.3) is 0 Å². The maximum absolute atomic E-state index is 12.6. The van der Waals surface area contributed by atoms with Gasteiger partial charge in [-0.25, -0.2) is 0 Å². The van der Waals surface area contributed by atoms with Crippen LogP contribution in [0.4, 0.5) is 0 Å². The van der Waals surface area contributed by atoms with Crippen molar-refractivity contribution in [3.8, 4) is 5.75 Å². The van der Waals surface area contributed by atoms with Crippen LogP contribution in [-0.4, -0.2) is 35.2 Å². The molecule has 1 fully saturated rings. The monoisotopic (exact) mass is 407 g/mol. The van der Waals surface area contributed by atoms with E-state index < -0.39 is 0 Å². The number of nitrogens with zero attached hydrogens (tertiary/aromatic N) is 1. The largest absolute Gasteiger partial charge is 0.488 e. The van der Waals surface area contributed by atoms with E-state index >= 15 is 0 Å². The smallest absolute Gasteiger partial charge is 0.144 e. The fraction of sp³-hybridized carbons (Fsp3) is 0.462. The van der Waals surface area contributed by atoms with Crippen LogP contribution in [0, 0.1) is 5.92 Å². The predicted octanol–water partition coefficient (Wildman–Crippen LogP) is 4.85. The van der Waals surface area contributed by atoms with Crippen molar-refractivity contribution in [2.75, 3.05) is 13.1 Å². The van der Waals surface area contributed by atoms with Crippen LogP contribution in [-0.2, 0) is 22.6 Å². The Morgan fingerprint density at radius 2 is 1.57 bits per heavy atom. The van der Waals surface area contributed by atoms with Crippen molar-refractivity contribution in [1.29, 1.82) is 0 Å². The zero-order valence-electron chi connectivity index (χ0n) is 18.4. The predicted molar refractivity (Wildman–Crippen MR) is 120 cm³/mol. The van der Waals surface area contributed by atoms with Gasteiger partial charge in [0.2, 0.25) is 0 Å². The number of hydrogen-bond donors (Lipinski definition) is 0. The molecule has 2 aromatic rings. The second-order valence-electron chi connectivity index (χ2n) is 9.25. The fourth-order valence-corrected chi connectivity index (χ4v) is 3.91. The zero-order valence-corrected chi connectivity index (χ0v) is 18.4. The first-order valence-corrected chi connectivity index (χ1v) is 10.9. The van der Waals surface area contributed by atoms with Crippen LogP contribution in [0.2, 0.25) is 0 Å². The van der Waals surface area contributed by atoms with Gasteiger partial charge >= 0.3 is 0 Å². The summed E-state index contributed by atoms with van der Waals surface area (Å²) in [4.78, 5) is 27.4. The lowest BCUT2D eigenvalue weighted by Crippen LogP contribution is -2.36. The molecule has 1 heterocycles. The molecule has 0 aromatic heterocycles. The van der Waals surface area contributed by atoms with Crippen molar-refractivity contribution in [3.05, 3.63) is 65.7 Å². The lowest BCUT2D eigenvalue weighted by Gasteiger charge is -2.31. The van der Waals surface area contributed by atoms with Crippen molar-refractivity contribution < 1.29 is 14.3 Å². The SMILES string of the molecule is CC(C)(C)Oc1ccc(CC(=O)CC(=O)C2CCN(Cc3ccccc3)CC2)cc1. The van der Waals surface area contributed by atoms with Gasteiger partial charge in [-0.3, -0.25) is 14.5 Å². The zero-order chi connectivity index (χ0) is 21.6. The van der Waals surface area contributed by atoms with Gasteiger partial charge in [-0.1, -0.05) is 42.5 Å². The average Bonchev–Trinajstić information content (AvgIpc) is 2.69. The molecule has 0 amide bonds. The van der Waals surface area contributed by atoms with E-state index in [1.54, 1.807) is 0 Å². The number of carbonyl (C=O) groups excluding carboxylic acids is 2. The van der Waals surface area contributed by atoms with E-state index in [0.29, 0.717) is 6.42 Å². The first kappa shape index (κ1) is 22.2. The molecule has 3 rings (SSSR count). The Bertz CT molecular complexity index is 829. The normalized spacial score (nSPS) is 15.7. The van der Waals surface area contributed by atoms with Gasteiger partial charge < -0.3 is 4.74 Å². The molecule has 0 atom stereocenters. The highest BCUT2D eigenvalue weighted by molar-refractivity contribution is 6.00. The van der Waals surface area contributed by atoms with E-state index in [1.807, 2.05) is 51.1 Å². The number of ketones is 2. The number of hydrogen-bond acceptors (Lipinski definition) is 4. The number of rotatable bonds is 8. The molecule has 2 aromatic carbocycles. The molecule has 1 saturated heterocycles. The standard InChI is InChI=1S/C26H33NO3/c1-26(2,3)30-24-11-9-20(10-12-24)17-23(28)18-25(29)22-13-15-27(16-14-22)19-21-7-5-4-6-8-21/h4-12,22H,13-19H2,1-3H3. The summed E-state index contributed by atoms with van der Waals surface area (Å²) >= 11 is 0. The second-order valence-corrected chi connectivity index (χ2v) is 9.25. The minimum Gasteiger partial charge on any atom is -0.488 e. The van der Waals surface area contributed by atoms with Gasteiger partial charge in [0.1, 0.15) is 22.9 Å². The first-order valence-electron chi connectivity index (χ1n) is 10.9. The van der Waals surface area contributed by atoms with Gasteiger partial charge in [-0.05, 0) is 70.0 Å². The third-order valence-electron chi connectivity index (χ3n) is 5.41. The Kier molecular flexibility index (Phi) is 7.43. The average molecular weight is 408 g/mol. The van der Waals surface area contributed by atoms with E-state index in [2.05, 4.69) is 29.2 Å². The minimum absolute atomic E-state index is 0.00351. The second kappa shape index (κ2) is 10.0. The van der Waals surface area contributed by atoms with E-state index in [0.717, 1.165) is 43.8 Å². The van der Waals surface area contributed by atoms with Crippen LogP contribution in [0.1, 0.15) is 51.2 Å². The summed E-state index contributed by atoms with van der Waals surface area (Å²) in [6.45, 7) is 8.76. The Morgan fingerprint density at radius 3 is 2.17 bits per heavy atom. The number of carbonyl (C=O) groups is 2. The highest BCUT2D eigenvalue weighted by Crippen LogP contribution is 2.22. The van der Waals surface area contributed by atoms with Crippen LogP contribution >= 0.6 is 0 Å². The van der Waals surface area contributed by atoms with Crippen LogP contribution in [0.3, 0.4) is 0 Å². The summed E-state index contributed by atoms with van der Waals surface area (Å²) in [5.74, 6) is 0.906. The van der Waals surface area contributed by atoms with Crippen molar-refractivity contribution in [3.63, 3.8) is 0 Å². The molecule has 0 bridgehead atoms. The van der Waals surface area contributed by atoms with Crippen LogP contribution in [0.15, 0.2) is 54.6 Å². The molecule has 1 aliphatic rings. The van der Waals surface area contributed by atoms with Gasteiger partial charge in [0.15, 0.2) is 0 Å². The third kappa shape index (κ3) is 7.10. The minimum atomic E-state index is -0.250. The van der Waals surface area contributed by atoms with Crippen LogP contribution in [0.5, 0.6) is 5.75 Å². The van der Waals surface area contributed by atoms with E-state index in [4.69, 9.17) is 4.74 Å². The molecular formula is C26H33NO3. The fourth-order valence-electron chi connectivity index (χ4n) is 3.91. The first-order chi connectivity index (χ1) is 14.3. The third-order valence-corrected chi connectivity index (χ3v) is 5.41. The van der Waals surface area contributed by atoms with Crippen molar-refractivity contribution in [1.82, 2.24) is 4.90 Å². The number of likely N-dealkylation sites (tertiary alicyclic amines) is 1. The molecule has 0 radical (unpaired) electrons. The summed E-state index contributed by atoms with van der Waals surface area (Å²) in [7, 11) is 0. The van der Waals surface area contributed by atoms with E-state index in [-0.39, 0.29) is 29.5 Å². The Hall–Kier alpha value is -2.46. The number of piperidine rings is 1. The van der Waals surface area contributed by atoms with E-state index in [9.17, 15) is 9.59 Å². The van der Waals surface area contributed by atoms with Crippen molar-refractivity contribution in [2.45, 2.75) is 58.6 Å². The lowest BCUT2D eigenvalue weighted by molar-refractivity contribution is -0.130. The van der Waals surface area contributed by atoms with Crippen LogP contribution < -0.4 is 4.74 Å². The van der Waals surface area contributed by atoms with Gasteiger partial charge in [-0.2, -0.15) is 0 Å². The molecule has 0 saturated carbocycles. The van der Waals surface area contributed by atoms with Gasteiger partial charge in [0.05, 0.1) is 6.42 Å². The van der Waals surface area contributed by atoms with Crippen molar-refractivity contribution in [2.24, 2.45) is 5.92 Å². The molecule has 4 nitrogen and oxygen atoms in total. The molecule has 4 heteroatoms. The number of benzene rings is 2. The Labute approximate surface area is 180 Å². The Morgan fingerprint density at radius 1 is 0.933 bits per heavy atom.